The average molecular weight is 272 g/mol. The van der Waals surface area contributed by atoms with Crippen LogP contribution in [0.1, 0.15) is 39.0 Å². The Balaban J connectivity index is 3.25. The summed E-state index contributed by atoms with van der Waals surface area (Å²) in [6, 6.07) is 0. The van der Waals surface area contributed by atoms with E-state index in [1.807, 2.05) is 6.92 Å². The summed E-state index contributed by atoms with van der Waals surface area (Å²) in [5.41, 5.74) is 0. The molecule has 0 amide bonds. The average Bonchev–Trinajstić information content (AvgIpc) is 2.22. The molecule has 102 valence electrons. The lowest BCUT2D eigenvalue weighted by Gasteiger charge is -2.06. The third-order valence-electron chi connectivity index (χ3n) is 1.98. The van der Waals surface area contributed by atoms with E-state index in [9.17, 15) is 18.0 Å². The molecule has 0 unspecified atom stereocenters. The highest BCUT2D eigenvalue weighted by molar-refractivity contribution is 7.99. The second kappa shape index (κ2) is 9.62. The fraction of sp³-hybridized carbons (Fsp3) is 0.909. The highest BCUT2D eigenvalue weighted by atomic mass is 32.2. The Labute approximate surface area is 104 Å². The third kappa shape index (κ3) is 13.5. The van der Waals surface area contributed by atoms with Crippen LogP contribution in [0.15, 0.2) is 0 Å². The fourth-order valence-electron chi connectivity index (χ4n) is 1.06. The minimum Gasteiger partial charge on any atom is -0.465 e. The lowest BCUT2D eigenvalue weighted by Crippen LogP contribution is -2.09. The van der Waals surface area contributed by atoms with Crippen molar-refractivity contribution >= 4 is 17.7 Å². The first-order valence-electron chi connectivity index (χ1n) is 5.76. The number of rotatable bonds is 9. The zero-order valence-corrected chi connectivity index (χ0v) is 10.8. The minimum absolute atomic E-state index is 0.126. The Hall–Kier alpha value is -0.390. The summed E-state index contributed by atoms with van der Waals surface area (Å²) in [4.78, 5) is 11.1. The number of carbonyl (C=O) groups excluding carboxylic acids is 1. The van der Waals surface area contributed by atoms with Gasteiger partial charge in [-0.25, -0.2) is 0 Å². The predicted molar refractivity (Wildman–Crippen MR) is 63.1 cm³/mol. The molecule has 6 heteroatoms. The summed E-state index contributed by atoms with van der Waals surface area (Å²) in [5.74, 6) is 0.522. The Morgan fingerprint density at radius 2 is 1.94 bits per heavy atom. The first-order chi connectivity index (χ1) is 7.95. The van der Waals surface area contributed by atoms with Crippen LogP contribution in [0.2, 0.25) is 0 Å². The van der Waals surface area contributed by atoms with Gasteiger partial charge in [-0.2, -0.15) is 24.9 Å². The molecule has 17 heavy (non-hydrogen) atoms. The lowest BCUT2D eigenvalue weighted by atomic mass is 10.2. The number of esters is 1. The molecular weight excluding hydrogens is 253 g/mol. The number of carbonyl (C=O) groups is 1. The van der Waals surface area contributed by atoms with E-state index in [2.05, 4.69) is 0 Å². The molecule has 0 aliphatic rings. The van der Waals surface area contributed by atoms with Crippen LogP contribution in [-0.2, 0) is 9.53 Å². The maximum absolute atomic E-state index is 11.8. The SMILES string of the molecule is CCCCOC(=O)CSCCCCC(F)(F)F. The van der Waals surface area contributed by atoms with E-state index < -0.39 is 12.6 Å². The first-order valence-corrected chi connectivity index (χ1v) is 6.91. The smallest absolute Gasteiger partial charge is 0.389 e. The molecule has 0 radical (unpaired) electrons. The van der Waals surface area contributed by atoms with Gasteiger partial charge in [-0.1, -0.05) is 13.3 Å². The van der Waals surface area contributed by atoms with Crippen molar-refractivity contribution in [1.29, 1.82) is 0 Å². The number of halogens is 3. The zero-order valence-electron chi connectivity index (χ0n) is 10.0. The van der Waals surface area contributed by atoms with Gasteiger partial charge in [-0.05, 0) is 25.0 Å². The van der Waals surface area contributed by atoms with Crippen molar-refractivity contribution in [3.05, 3.63) is 0 Å². The quantitative estimate of drug-likeness (QED) is 0.472. The second-order valence-corrected chi connectivity index (χ2v) is 4.80. The summed E-state index contributed by atoms with van der Waals surface area (Å²) < 4.78 is 40.3. The summed E-state index contributed by atoms with van der Waals surface area (Å²) >= 11 is 1.33. The third-order valence-corrected chi connectivity index (χ3v) is 3.00. The monoisotopic (exact) mass is 272 g/mol. The standard InChI is InChI=1S/C11H19F3O2S/c1-2-3-7-16-10(15)9-17-8-5-4-6-11(12,13)14/h2-9H2,1H3. The molecule has 0 atom stereocenters. The van der Waals surface area contributed by atoms with E-state index in [4.69, 9.17) is 4.74 Å². The predicted octanol–water partition coefficient (Wildman–Crippen LogP) is 3.80. The zero-order chi connectivity index (χ0) is 13.1. The summed E-state index contributed by atoms with van der Waals surface area (Å²) in [6.45, 7) is 2.44. The van der Waals surface area contributed by atoms with Crippen molar-refractivity contribution < 1.29 is 22.7 Å². The van der Waals surface area contributed by atoms with Crippen LogP contribution >= 0.6 is 11.8 Å². The van der Waals surface area contributed by atoms with E-state index in [0.29, 0.717) is 18.8 Å². The Kier molecular flexibility index (Phi) is 9.40. The molecule has 0 aromatic carbocycles. The Bertz CT molecular complexity index is 207. The minimum atomic E-state index is -4.07. The largest absolute Gasteiger partial charge is 0.465 e. The van der Waals surface area contributed by atoms with Gasteiger partial charge in [-0.3, -0.25) is 4.79 Å². The molecule has 2 nitrogen and oxygen atoms in total. The summed E-state index contributed by atoms with van der Waals surface area (Å²) in [5, 5.41) is 0. The molecule has 0 fully saturated rings. The van der Waals surface area contributed by atoms with Crippen molar-refractivity contribution in [3.63, 3.8) is 0 Å². The summed E-state index contributed by atoms with van der Waals surface area (Å²) in [7, 11) is 0. The number of hydrogen-bond donors (Lipinski definition) is 0. The molecule has 0 heterocycles. The van der Waals surface area contributed by atoms with E-state index >= 15 is 0 Å². The second-order valence-electron chi connectivity index (χ2n) is 3.70. The number of alkyl halides is 3. The fourth-order valence-corrected chi connectivity index (χ4v) is 1.86. The van der Waals surface area contributed by atoms with Crippen LogP contribution < -0.4 is 0 Å². The number of hydrogen-bond acceptors (Lipinski definition) is 3. The molecule has 0 aromatic rings. The van der Waals surface area contributed by atoms with Crippen LogP contribution in [0, 0.1) is 0 Å². The van der Waals surface area contributed by atoms with Crippen LogP contribution in [0.3, 0.4) is 0 Å². The van der Waals surface area contributed by atoms with Gasteiger partial charge in [0.05, 0.1) is 12.4 Å². The normalized spacial score (nSPS) is 11.5. The van der Waals surface area contributed by atoms with Gasteiger partial charge in [0.1, 0.15) is 0 Å². The van der Waals surface area contributed by atoms with E-state index in [0.717, 1.165) is 12.8 Å². The van der Waals surface area contributed by atoms with E-state index in [1.165, 1.54) is 11.8 Å². The molecule has 0 rings (SSSR count). The van der Waals surface area contributed by atoms with Gasteiger partial charge in [0.2, 0.25) is 0 Å². The van der Waals surface area contributed by atoms with Crippen molar-refractivity contribution in [2.45, 2.75) is 45.2 Å². The molecule has 0 spiro atoms. The van der Waals surface area contributed by atoms with E-state index in [1.54, 1.807) is 0 Å². The van der Waals surface area contributed by atoms with Crippen molar-refractivity contribution in [2.24, 2.45) is 0 Å². The number of thioether (sulfide) groups is 1. The highest BCUT2D eigenvalue weighted by Gasteiger charge is 2.25. The van der Waals surface area contributed by atoms with Crippen LogP contribution in [-0.4, -0.2) is 30.3 Å². The van der Waals surface area contributed by atoms with Crippen LogP contribution in [0.4, 0.5) is 13.2 Å². The van der Waals surface area contributed by atoms with Crippen molar-refractivity contribution in [2.75, 3.05) is 18.1 Å². The molecule has 0 N–H and O–H groups in total. The number of ether oxygens (including phenoxy) is 1. The van der Waals surface area contributed by atoms with Crippen molar-refractivity contribution in [1.82, 2.24) is 0 Å². The number of unbranched alkanes of at least 4 members (excludes halogenated alkanes) is 2. The molecule has 0 saturated carbocycles. The molecular formula is C11H19F3O2S. The van der Waals surface area contributed by atoms with Gasteiger partial charge in [0.25, 0.3) is 0 Å². The molecule has 0 aliphatic carbocycles. The van der Waals surface area contributed by atoms with Gasteiger partial charge < -0.3 is 4.74 Å². The molecule has 0 saturated heterocycles. The van der Waals surface area contributed by atoms with Gasteiger partial charge in [0.15, 0.2) is 0 Å². The van der Waals surface area contributed by atoms with Crippen LogP contribution in [0.25, 0.3) is 0 Å². The first kappa shape index (κ1) is 16.6. The highest BCUT2D eigenvalue weighted by Crippen LogP contribution is 2.22. The van der Waals surface area contributed by atoms with Crippen molar-refractivity contribution in [3.8, 4) is 0 Å². The Morgan fingerprint density at radius 3 is 2.53 bits per heavy atom. The topological polar surface area (TPSA) is 26.3 Å². The molecule has 0 aromatic heterocycles. The van der Waals surface area contributed by atoms with Gasteiger partial charge in [-0.15, -0.1) is 0 Å². The molecule has 0 bridgehead atoms. The van der Waals surface area contributed by atoms with Crippen LogP contribution in [0.5, 0.6) is 0 Å². The maximum atomic E-state index is 11.8. The lowest BCUT2D eigenvalue weighted by molar-refractivity contribution is -0.140. The van der Waals surface area contributed by atoms with E-state index in [-0.39, 0.29) is 18.1 Å². The van der Waals surface area contributed by atoms with Gasteiger partial charge in [0, 0.05) is 6.42 Å². The maximum Gasteiger partial charge on any atom is 0.389 e. The van der Waals surface area contributed by atoms with Gasteiger partial charge >= 0.3 is 12.1 Å². The Morgan fingerprint density at radius 1 is 1.24 bits per heavy atom. The molecule has 0 aliphatic heterocycles. The summed E-state index contributed by atoms with van der Waals surface area (Å²) in [6.07, 6.45) is -2.38.